The fraction of sp³-hybridized carbons (Fsp3) is 0.667. The van der Waals surface area contributed by atoms with E-state index >= 15 is 0 Å². The van der Waals surface area contributed by atoms with Crippen molar-refractivity contribution in [3.63, 3.8) is 0 Å². The number of halogens is 3. The van der Waals surface area contributed by atoms with E-state index in [1.165, 1.54) is 0 Å². The number of anilines is 1. The molecular weight excluding hydrogens is 428 g/mol. The summed E-state index contributed by atoms with van der Waals surface area (Å²) in [6.45, 7) is 5.54. The van der Waals surface area contributed by atoms with E-state index < -0.39 is 12.0 Å². The molecule has 5 heterocycles. The van der Waals surface area contributed by atoms with Crippen molar-refractivity contribution in [3.8, 4) is 11.9 Å². The minimum atomic E-state index is -0.856. The minimum absolute atomic E-state index is 0.0127. The summed E-state index contributed by atoms with van der Waals surface area (Å²) in [6, 6.07) is 0.129. The summed E-state index contributed by atoms with van der Waals surface area (Å²) in [6.07, 6.45) is 2.04. The summed E-state index contributed by atoms with van der Waals surface area (Å²) in [5, 5.41) is 0.0682. The Morgan fingerprint density at radius 3 is 2.90 bits per heavy atom. The Morgan fingerprint density at radius 2 is 2.10 bits per heavy atom. The molecule has 0 amide bonds. The molecule has 2 unspecified atom stereocenters. The van der Waals surface area contributed by atoms with Crippen LogP contribution in [0.5, 0.6) is 11.9 Å². The van der Waals surface area contributed by atoms with Gasteiger partial charge >= 0.3 is 6.01 Å². The lowest BCUT2D eigenvalue weighted by Gasteiger charge is -2.33. The van der Waals surface area contributed by atoms with Gasteiger partial charge in [-0.15, -0.1) is 0 Å². The van der Waals surface area contributed by atoms with Crippen molar-refractivity contribution in [2.45, 2.75) is 63.4 Å². The Balaban J connectivity index is 1.57. The van der Waals surface area contributed by atoms with Crippen molar-refractivity contribution < 1.29 is 18.3 Å². The lowest BCUT2D eigenvalue weighted by Crippen LogP contribution is -2.43. The van der Waals surface area contributed by atoms with Crippen LogP contribution in [0.3, 0.4) is 0 Å². The molecule has 7 nitrogen and oxygen atoms in total. The Hall–Kier alpha value is -2.00. The minimum Gasteiger partial charge on any atom is -0.474 e. The first-order valence-corrected chi connectivity index (χ1v) is 11.1. The number of fused-ring (bicyclic) bond motifs is 1. The van der Waals surface area contributed by atoms with Crippen LogP contribution in [0.4, 0.5) is 14.6 Å². The van der Waals surface area contributed by atoms with Crippen molar-refractivity contribution in [1.29, 1.82) is 0 Å². The van der Waals surface area contributed by atoms with E-state index in [2.05, 4.69) is 19.9 Å². The maximum Gasteiger partial charge on any atom is 0.319 e. The Morgan fingerprint density at radius 1 is 1.29 bits per heavy atom. The lowest BCUT2D eigenvalue weighted by atomic mass is 9.95. The molecular formula is C21H26ClF2N5O2. The van der Waals surface area contributed by atoms with Gasteiger partial charge in [-0.3, -0.25) is 4.90 Å². The third-order valence-electron chi connectivity index (χ3n) is 6.88. The molecule has 4 atom stereocenters. The van der Waals surface area contributed by atoms with Gasteiger partial charge in [0.05, 0.1) is 11.6 Å². The highest BCUT2D eigenvalue weighted by molar-refractivity contribution is 6.30. The molecule has 31 heavy (non-hydrogen) atoms. The first-order chi connectivity index (χ1) is 14.8. The van der Waals surface area contributed by atoms with Crippen LogP contribution in [-0.4, -0.2) is 70.5 Å². The van der Waals surface area contributed by atoms with Gasteiger partial charge in [-0.05, 0) is 33.2 Å². The van der Waals surface area contributed by atoms with Crippen LogP contribution in [0.25, 0.3) is 10.9 Å². The Labute approximate surface area is 184 Å². The molecule has 168 valence electrons. The first kappa shape index (κ1) is 20.9. The molecule has 2 saturated heterocycles. The summed E-state index contributed by atoms with van der Waals surface area (Å²) in [4.78, 5) is 17.2. The van der Waals surface area contributed by atoms with E-state index in [1.807, 2.05) is 25.8 Å². The summed E-state index contributed by atoms with van der Waals surface area (Å²) in [5.41, 5.74) is -0.334. The van der Waals surface area contributed by atoms with E-state index in [0.29, 0.717) is 24.2 Å². The van der Waals surface area contributed by atoms with Gasteiger partial charge in [0, 0.05) is 32.5 Å². The molecule has 10 heteroatoms. The van der Waals surface area contributed by atoms with E-state index in [4.69, 9.17) is 21.1 Å². The number of ether oxygens (including phenoxy) is 2. The quantitative estimate of drug-likeness (QED) is 0.655. The van der Waals surface area contributed by atoms with Crippen LogP contribution in [0.2, 0.25) is 5.15 Å². The van der Waals surface area contributed by atoms with Gasteiger partial charge < -0.3 is 14.4 Å². The molecule has 2 aromatic rings. The summed E-state index contributed by atoms with van der Waals surface area (Å²) in [7, 11) is 1.90. The second-order valence-electron chi connectivity index (χ2n) is 9.06. The third kappa shape index (κ3) is 3.46. The Kier molecular flexibility index (Phi) is 5.08. The number of alkyl halides is 1. The molecule has 2 aromatic heterocycles. The number of hydrogen-bond donors (Lipinski definition) is 0. The van der Waals surface area contributed by atoms with Gasteiger partial charge in [0.25, 0.3) is 0 Å². The lowest BCUT2D eigenvalue weighted by molar-refractivity contribution is 0.107. The summed E-state index contributed by atoms with van der Waals surface area (Å²) < 4.78 is 41.0. The fourth-order valence-corrected chi connectivity index (χ4v) is 5.38. The number of hydrogen-bond acceptors (Lipinski definition) is 7. The molecule has 2 fully saturated rings. The van der Waals surface area contributed by atoms with Crippen molar-refractivity contribution in [1.82, 2.24) is 19.9 Å². The van der Waals surface area contributed by atoms with E-state index in [-0.39, 0.29) is 46.9 Å². The van der Waals surface area contributed by atoms with Crippen LogP contribution >= 0.6 is 11.6 Å². The van der Waals surface area contributed by atoms with Crippen molar-refractivity contribution in [2.75, 3.05) is 31.6 Å². The highest BCUT2D eigenvalue weighted by Crippen LogP contribution is 2.42. The molecule has 0 radical (unpaired) electrons. The van der Waals surface area contributed by atoms with Gasteiger partial charge in [0.1, 0.15) is 29.5 Å². The second kappa shape index (κ2) is 7.55. The zero-order valence-corrected chi connectivity index (χ0v) is 18.6. The van der Waals surface area contributed by atoms with Gasteiger partial charge in [-0.1, -0.05) is 11.6 Å². The third-order valence-corrected chi connectivity index (χ3v) is 7.13. The number of pyridine rings is 1. The van der Waals surface area contributed by atoms with Crippen LogP contribution in [-0.2, 0) is 0 Å². The van der Waals surface area contributed by atoms with Crippen molar-refractivity contribution in [2.24, 2.45) is 0 Å². The molecule has 0 N–H and O–H groups in total. The molecule has 0 saturated carbocycles. The highest BCUT2D eigenvalue weighted by atomic mass is 35.5. The van der Waals surface area contributed by atoms with Gasteiger partial charge in [-0.2, -0.15) is 15.0 Å². The van der Waals surface area contributed by atoms with Crippen LogP contribution in [0.1, 0.15) is 39.5 Å². The zero-order chi connectivity index (χ0) is 21.9. The average Bonchev–Trinajstić information content (AvgIpc) is 3.24. The summed E-state index contributed by atoms with van der Waals surface area (Å²) >= 11 is 6.05. The predicted molar refractivity (Wildman–Crippen MR) is 113 cm³/mol. The monoisotopic (exact) mass is 453 g/mol. The first-order valence-electron chi connectivity index (χ1n) is 10.8. The van der Waals surface area contributed by atoms with Crippen LogP contribution in [0, 0.1) is 5.82 Å². The predicted octanol–water partition coefficient (Wildman–Crippen LogP) is 3.77. The number of rotatable bonds is 3. The van der Waals surface area contributed by atoms with Crippen LogP contribution in [0.15, 0.2) is 0 Å². The Bertz CT molecular complexity index is 1030. The summed E-state index contributed by atoms with van der Waals surface area (Å²) in [5.74, 6) is -0.0454. The molecule has 5 rings (SSSR count). The van der Waals surface area contributed by atoms with E-state index in [1.54, 1.807) is 0 Å². The molecule has 3 aliphatic rings. The molecule has 0 aromatic carbocycles. The van der Waals surface area contributed by atoms with Gasteiger partial charge in [-0.25, -0.2) is 8.78 Å². The second-order valence-corrected chi connectivity index (χ2v) is 9.42. The number of nitrogens with zero attached hydrogens (tertiary/aromatic N) is 5. The maximum absolute atomic E-state index is 15.0. The largest absolute Gasteiger partial charge is 0.474 e. The topological polar surface area (TPSA) is 63.6 Å². The van der Waals surface area contributed by atoms with Crippen molar-refractivity contribution in [3.05, 3.63) is 11.0 Å². The standard InChI is InChI=1S/C21H26ClF2N5O2/c1-11-7-12(2)31-19-14-16(15(24)17(22)26-19)25-20(27-18(14)28(11)3)30-10-21-5-4-6-29(21)9-13(23)8-21/h11-13H,4-10H2,1-3H3/t11?,12?,13-,21+/m1/s1. The van der Waals surface area contributed by atoms with E-state index in [0.717, 1.165) is 25.8 Å². The average molecular weight is 454 g/mol. The SMILES string of the molecule is CC1CC(C)N(C)c2nc(OC[C@@]34CCCN3C[C@H](F)C4)nc3c(F)c(Cl)nc(c23)O1. The number of aromatic nitrogens is 3. The molecule has 0 spiro atoms. The molecule has 0 aliphatic carbocycles. The van der Waals surface area contributed by atoms with E-state index in [9.17, 15) is 8.78 Å². The normalized spacial score (nSPS) is 30.8. The maximum atomic E-state index is 15.0. The van der Waals surface area contributed by atoms with Crippen molar-refractivity contribution >= 4 is 28.3 Å². The highest BCUT2D eigenvalue weighted by Gasteiger charge is 2.49. The molecule has 0 bridgehead atoms. The molecule has 3 aliphatic heterocycles. The van der Waals surface area contributed by atoms with Gasteiger partial charge in [0.15, 0.2) is 11.0 Å². The smallest absolute Gasteiger partial charge is 0.319 e. The zero-order valence-electron chi connectivity index (χ0n) is 17.9. The van der Waals surface area contributed by atoms with Crippen LogP contribution < -0.4 is 14.4 Å². The fourth-order valence-electron chi connectivity index (χ4n) is 5.22. The van der Waals surface area contributed by atoms with Gasteiger partial charge in [0.2, 0.25) is 5.88 Å².